The number of anilines is 2. The van der Waals surface area contributed by atoms with Crippen LogP contribution >= 0.6 is 11.3 Å². The molecule has 0 bridgehead atoms. The van der Waals surface area contributed by atoms with E-state index in [4.69, 9.17) is 0 Å². The lowest BCUT2D eigenvalue weighted by atomic mass is 9.69. The van der Waals surface area contributed by atoms with Gasteiger partial charge in [0.05, 0.1) is 5.41 Å². The van der Waals surface area contributed by atoms with Crippen molar-refractivity contribution in [3.05, 3.63) is 168 Å². The summed E-state index contributed by atoms with van der Waals surface area (Å²) < 4.78 is 2.64. The van der Waals surface area contributed by atoms with E-state index in [1.165, 1.54) is 75.5 Å². The Bertz CT molecular complexity index is 2400. The molecule has 7 aromatic carbocycles. The third-order valence-electron chi connectivity index (χ3n) is 9.64. The van der Waals surface area contributed by atoms with E-state index in [2.05, 4.69) is 151 Å². The Morgan fingerprint density at radius 2 is 1.02 bits per heavy atom. The van der Waals surface area contributed by atoms with Crippen molar-refractivity contribution in [3.8, 4) is 22.3 Å². The molecule has 0 fully saturated rings. The van der Waals surface area contributed by atoms with Crippen molar-refractivity contribution in [1.29, 1.82) is 0 Å². The Balaban J connectivity index is 1.22. The van der Waals surface area contributed by atoms with Crippen LogP contribution < -0.4 is 5.32 Å². The van der Waals surface area contributed by atoms with Crippen molar-refractivity contribution >= 4 is 53.7 Å². The zero-order chi connectivity index (χ0) is 28.1. The van der Waals surface area contributed by atoms with Gasteiger partial charge in [-0.2, -0.15) is 0 Å². The van der Waals surface area contributed by atoms with Crippen LogP contribution in [0.3, 0.4) is 0 Å². The van der Waals surface area contributed by atoms with Gasteiger partial charge in [-0.3, -0.25) is 0 Å². The standard InChI is InChI=1S/C41H25NS/c1-2-10-28-25(9-1)17-20-34-31-21-18-26(42-27-19-22-33-32-13-5-8-16-38(32)43-39(33)24-27)23-37(31)41(40(28)34)35-14-6-3-11-29(35)30-12-4-7-15-36(30)41/h1-24,42H. The van der Waals surface area contributed by atoms with E-state index in [1.807, 2.05) is 11.3 Å². The monoisotopic (exact) mass is 563 g/mol. The van der Waals surface area contributed by atoms with E-state index in [1.54, 1.807) is 0 Å². The van der Waals surface area contributed by atoms with E-state index in [-0.39, 0.29) is 5.41 Å². The minimum atomic E-state index is -0.383. The summed E-state index contributed by atoms with van der Waals surface area (Å²) in [6.45, 7) is 0. The first-order valence-corrected chi connectivity index (χ1v) is 15.7. The number of fused-ring (bicyclic) bond motifs is 15. The summed E-state index contributed by atoms with van der Waals surface area (Å²) in [7, 11) is 0. The fourth-order valence-corrected chi connectivity index (χ4v) is 9.11. The van der Waals surface area contributed by atoms with Gasteiger partial charge in [0.2, 0.25) is 0 Å². The molecule has 1 N–H and O–H groups in total. The second-order valence-corrected chi connectivity index (χ2v) is 12.8. The fraction of sp³-hybridized carbons (Fsp3) is 0.0244. The van der Waals surface area contributed by atoms with Crippen LogP contribution in [-0.2, 0) is 5.41 Å². The molecule has 1 nitrogen and oxygen atoms in total. The molecular formula is C41H25NS. The molecule has 0 saturated carbocycles. The summed E-state index contributed by atoms with van der Waals surface area (Å²) in [5.74, 6) is 0. The predicted molar refractivity (Wildman–Crippen MR) is 183 cm³/mol. The minimum absolute atomic E-state index is 0.383. The third-order valence-corrected chi connectivity index (χ3v) is 10.8. The average Bonchev–Trinajstić information content (AvgIpc) is 3.68. The van der Waals surface area contributed by atoms with Crippen molar-refractivity contribution in [2.24, 2.45) is 0 Å². The molecule has 2 aliphatic rings. The highest BCUT2D eigenvalue weighted by Crippen LogP contribution is 2.64. The maximum absolute atomic E-state index is 3.80. The van der Waals surface area contributed by atoms with Crippen LogP contribution in [0.25, 0.3) is 53.2 Å². The third kappa shape index (κ3) is 3.01. The van der Waals surface area contributed by atoms with Crippen molar-refractivity contribution in [2.45, 2.75) is 5.41 Å². The Morgan fingerprint density at radius 1 is 0.419 bits per heavy atom. The second kappa shape index (κ2) is 8.44. The van der Waals surface area contributed by atoms with Crippen LogP contribution in [0.5, 0.6) is 0 Å². The largest absolute Gasteiger partial charge is 0.355 e. The Morgan fingerprint density at radius 3 is 1.86 bits per heavy atom. The number of benzene rings is 7. The molecule has 0 unspecified atom stereocenters. The smallest absolute Gasteiger partial charge is 0.0732 e. The van der Waals surface area contributed by atoms with Crippen molar-refractivity contribution in [2.75, 3.05) is 5.32 Å². The lowest BCUT2D eigenvalue weighted by Crippen LogP contribution is -2.26. The first-order valence-electron chi connectivity index (χ1n) is 14.9. The van der Waals surface area contributed by atoms with Crippen LogP contribution in [-0.4, -0.2) is 0 Å². The summed E-state index contributed by atoms with van der Waals surface area (Å²) in [5, 5.41) is 9.05. The number of nitrogens with one attached hydrogen (secondary N) is 1. The summed E-state index contributed by atoms with van der Waals surface area (Å²) >= 11 is 1.86. The van der Waals surface area contributed by atoms with Gasteiger partial charge in [-0.05, 0) is 85.6 Å². The molecule has 1 aromatic heterocycles. The zero-order valence-electron chi connectivity index (χ0n) is 23.3. The van der Waals surface area contributed by atoms with Gasteiger partial charge in [0.15, 0.2) is 0 Å². The quantitative estimate of drug-likeness (QED) is 0.221. The lowest BCUT2D eigenvalue weighted by molar-refractivity contribution is 0.801. The van der Waals surface area contributed by atoms with E-state index < -0.39 is 0 Å². The van der Waals surface area contributed by atoms with Crippen molar-refractivity contribution < 1.29 is 0 Å². The van der Waals surface area contributed by atoms with Gasteiger partial charge in [0.25, 0.3) is 0 Å². The number of thiophene rings is 1. The normalized spacial score (nSPS) is 13.8. The molecule has 0 aliphatic heterocycles. The molecular weight excluding hydrogens is 539 g/mol. The molecule has 200 valence electrons. The highest BCUT2D eigenvalue weighted by molar-refractivity contribution is 7.25. The molecule has 0 saturated heterocycles. The first-order chi connectivity index (χ1) is 21.3. The highest BCUT2D eigenvalue weighted by atomic mass is 32.1. The van der Waals surface area contributed by atoms with Crippen LogP contribution in [0, 0.1) is 0 Å². The summed E-state index contributed by atoms with van der Waals surface area (Å²) in [6.07, 6.45) is 0. The van der Waals surface area contributed by atoms with Crippen LogP contribution in [0.4, 0.5) is 11.4 Å². The van der Waals surface area contributed by atoms with Gasteiger partial charge in [-0.25, -0.2) is 0 Å². The Kier molecular flexibility index (Phi) is 4.59. The molecule has 1 heterocycles. The zero-order valence-corrected chi connectivity index (χ0v) is 24.1. The van der Waals surface area contributed by atoms with Crippen molar-refractivity contribution in [3.63, 3.8) is 0 Å². The molecule has 0 radical (unpaired) electrons. The molecule has 43 heavy (non-hydrogen) atoms. The van der Waals surface area contributed by atoms with Gasteiger partial charge in [-0.15, -0.1) is 11.3 Å². The van der Waals surface area contributed by atoms with E-state index >= 15 is 0 Å². The van der Waals surface area contributed by atoms with E-state index in [0.717, 1.165) is 11.4 Å². The fourth-order valence-electron chi connectivity index (χ4n) is 7.97. The van der Waals surface area contributed by atoms with Crippen LogP contribution in [0.2, 0.25) is 0 Å². The van der Waals surface area contributed by atoms with Crippen LogP contribution in [0.1, 0.15) is 22.3 Å². The molecule has 0 atom stereocenters. The molecule has 0 amide bonds. The number of hydrogen-bond donors (Lipinski definition) is 1. The van der Waals surface area contributed by atoms with E-state index in [0.29, 0.717) is 0 Å². The summed E-state index contributed by atoms with van der Waals surface area (Å²) in [4.78, 5) is 0. The molecule has 10 rings (SSSR count). The van der Waals surface area contributed by atoms with Crippen molar-refractivity contribution in [1.82, 2.24) is 0 Å². The topological polar surface area (TPSA) is 12.0 Å². The molecule has 2 heteroatoms. The van der Waals surface area contributed by atoms with E-state index in [9.17, 15) is 0 Å². The second-order valence-electron chi connectivity index (χ2n) is 11.7. The molecule has 8 aromatic rings. The van der Waals surface area contributed by atoms with Gasteiger partial charge in [0.1, 0.15) is 0 Å². The Hall–Kier alpha value is -5.18. The maximum Gasteiger partial charge on any atom is 0.0732 e. The van der Waals surface area contributed by atoms with Gasteiger partial charge < -0.3 is 5.32 Å². The highest BCUT2D eigenvalue weighted by Gasteiger charge is 2.52. The molecule has 1 spiro atoms. The minimum Gasteiger partial charge on any atom is -0.355 e. The SMILES string of the molecule is c1ccc2c(c1)-c1ccccc1C21c2cc(Nc3ccc4c(c3)sc3ccccc34)ccc2-c2ccc3ccccc3c21. The number of rotatable bonds is 2. The van der Waals surface area contributed by atoms with Crippen LogP contribution in [0.15, 0.2) is 146 Å². The number of hydrogen-bond acceptors (Lipinski definition) is 2. The van der Waals surface area contributed by atoms with Gasteiger partial charge >= 0.3 is 0 Å². The Labute approximate surface area is 253 Å². The molecule has 2 aliphatic carbocycles. The summed E-state index contributed by atoms with van der Waals surface area (Å²) in [5.41, 5.74) is 12.6. The van der Waals surface area contributed by atoms with Gasteiger partial charge in [0, 0.05) is 31.5 Å². The predicted octanol–water partition coefficient (Wildman–Crippen LogP) is 11.3. The average molecular weight is 564 g/mol. The maximum atomic E-state index is 3.80. The summed E-state index contributed by atoms with van der Waals surface area (Å²) in [6, 6.07) is 54.0. The first kappa shape index (κ1) is 23.4. The lowest BCUT2D eigenvalue weighted by Gasteiger charge is -2.31. The van der Waals surface area contributed by atoms with Gasteiger partial charge in [-0.1, -0.05) is 115 Å².